The predicted molar refractivity (Wildman–Crippen MR) is 97.8 cm³/mol. The lowest BCUT2D eigenvalue weighted by molar-refractivity contribution is 0.00912. The zero-order valence-electron chi connectivity index (χ0n) is 14.1. The molecule has 1 N–H and O–H groups in total. The molecule has 1 aromatic carbocycles. The molecule has 3 rings (SSSR count). The number of rotatable bonds is 7. The molecular weight excluding hydrogens is 340 g/mol. The number of benzene rings is 1. The van der Waals surface area contributed by atoms with Gasteiger partial charge in [-0.25, -0.2) is 9.97 Å². The fourth-order valence-electron chi connectivity index (χ4n) is 2.86. The Labute approximate surface area is 153 Å². The average Bonchev–Trinajstić information content (AvgIpc) is 2.65. The van der Waals surface area contributed by atoms with Crippen LogP contribution in [-0.2, 0) is 11.3 Å². The van der Waals surface area contributed by atoms with Crippen molar-refractivity contribution in [2.24, 2.45) is 0 Å². The van der Waals surface area contributed by atoms with Crippen LogP contribution in [0.15, 0.2) is 42.7 Å². The summed E-state index contributed by atoms with van der Waals surface area (Å²) < 4.78 is 5.60. The molecule has 2 heterocycles. The van der Waals surface area contributed by atoms with E-state index in [1.807, 2.05) is 30.3 Å². The number of anilines is 1. The van der Waals surface area contributed by atoms with Gasteiger partial charge in [0.25, 0.3) is 0 Å². The van der Waals surface area contributed by atoms with E-state index in [1.165, 1.54) is 0 Å². The van der Waals surface area contributed by atoms with Crippen LogP contribution in [0.5, 0.6) is 0 Å². The van der Waals surface area contributed by atoms with Crippen molar-refractivity contribution in [3.63, 3.8) is 0 Å². The van der Waals surface area contributed by atoms with Crippen molar-refractivity contribution in [3.8, 4) is 0 Å². The summed E-state index contributed by atoms with van der Waals surface area (Å²) in [7, 11) is 0. The molecule has 1 atom stereocenters. The van der Waals surface area contributed by atoms with Gasteiger partial charge < -0.3 is 14.7 Å². The Morgan fingerprint density at radius 1 is 1.08 bits per heavy atom. The molecule has 0 spiro atoms. The van der Waals surface area contributed by atoms with Crippen LogP contribution in [0.25, 0.3) is 0 Å². The molecule has 0 radical (unpaired) electrons. The molecule has 1 aromatic heterocycles. The number of nitrogens with zero attached hydrogens (tertiary/aromatic N) is 4. The number of β-amino-alcohol motifs (C(OH)–C–C–N with tert-alkyl or cyclic N) is 1. The zero-order valence-corrected chi connectivity index (χ0v) is 14.8. The van der Waals surface area contributed by atoms with Gasteiger partial charge in [0.1, 0.15) is 0 Å². The third kappa shape index (κ3) is 5.37. The largest absolute Gasteiger partial charge is 0.389 e. The Hall–Kier alpha value is -1.73. The molecule has 1 aliphatic rings. The van der Waals surface area contributed by atoms with Crippen LogP contribution in [-0.4, -0.2) is 65.4 Å². The summed E-state index contributed by atoms with van der Waals surface area (Å²) >= 11 is 6.09. The lowest BCUT2D eigenvalue weighted by Crippen LogP contribution is -2.49. The number of ether oxygens (including phenoxy) is 1. The monoisotopic (exact) mass is 362 g/mol. The van der Waals surface area contributed by atoms with Gasteiger partial charge in [-0.15, -0.1) is 0 Å². The van der Waals surface area contributed by atoms with Gasteiger partial charge in [0.2, 0.25) is 5.95 Å². The third-order valence-corrected chi connectivity index (χ3v) is 4.57. The van der Waals surface area contributed by atoms with Gasteiger partial charge in [-0.3, -0.25) is 4.90 Å². The molecule has 1 fully saturated rings. The van der Waals surface area contributed by atoms with Crippen molar-refractivity contribution in [2.45, 2.75) is 12.7 Å². The third-order valence-electron chi connectivity index (χ3n) is 4.20. The zero-order chi connectivity index (χ0) is 17.5. The molecule has 0 aliphatic carbocycles. The molecule has 7 heteroatoms. The van der Waals surface area contributed by atoms with E-state index in [-0.39, 0.29) is 0 Å². The first-order chi connectivity index (χ1) is 12.2. The molecule has 0 amide bonds. The summed E-state index contributed by atoms with van der Waals surface area (Å²) in [5.41, 5.74) is 0.938. The SMILES string of the molecule is O[C@H](COCc1ccccc1Cl)CN1CCN(c2ncccn2)CC1. The molecule has 2 aromatic rings. The highest BCUT2D eigenvalue weighted by atomic mass is 35.5. The van der Waals surface area contributed by atoms with E-state index in [4.69, 9.17) is 16.3 Å². The van der Waals surface area contributed by atoms with Crippen LogP contribution in [0.3, 0.4) is 0 Å². The van der Waals surface area contributed by atoms with Crippen molar-refractivity contribution in [3.05, 3.63) is 53.3 Å². The van der Waals surface area contributed by atoms with Gasteiger partial charge in [0, 0.05) is 50.1 Å². The molecule has 0 unspecified atom stereocenters. The quantitative estimate of drug-likeness (QED) is 0.810. The van der Waals surface area contributed by atoms with Gasteiger partial charge in [0.15, 0.2) is 0 Å². The summed E-state index contributed by atoms with van der Waals surface area (Å²) in [4.78, 5) is 13.0. The van der Waals surface area contributed by atoms with Crippen LogP contribution < -0.4 is 4.90 Å². The van der Waals surface area contributed by atoms with Crippen LogP contribution in [0.1, 0.15) is 5.56 Å². The van der Waals surface area contributed by atoms with Crippen molar-refractivity contribution in [2.75, 3.05) is 44.2 Å². The Kier molecular flexibility index (Phi) is 6.58. The topological polar surface area (TPSA) is 61.7 Å². The van der Waals surface area contributed by atoms with E-state index in [1.54, 1.807) is 12.4 Å². The van der Waals surface area contributed by atoms with Gasteiger partial charge in [0.05, 0.1) is 19.3 Å². The van der Waals surface area contributed by atoms with Gasteiger partial charge in [-0.1, -0.05) is 29.8 Å². The molecule has 1 saturated heterocycles. The van der Waals surface area contributed by atoms with Crippen molar-refractivity contribution in [1.29, 1.82) is 0 Å². The highest BCUT2D eigenvalue weighted by Crippen LogP contribution is 2.16. The first-order valence-corrected chi connectivity index (χ1v) is 8.83. The Bertz CT molecular complexity index is 651. The van der Waals surface area contributed by atoms with E-state index in [9.17, 15) is 5.11 Å². The number of aliphatic hydroxyl groups excluding tert-OH is 1. The van der Waals surface area contributed by atoms with Crippen molar-refractivity contribution < 1.29 is 9.84 Å². The minimum absolute atomic E-state index is 0.299. The van der Waals surface area contributed by atoms with Crippen LogP contribution in [0.4, 0.5) is 5.95 Å². The first-order valence-electron chi connectivity index (χ1n) is 8.46. The average molecular weight is 363 g/mol. The van der Waals surface area contributed by atoms with E-state index in [0.29, 0.717) is 24.8 Å². The number of aliphatic hydroxyl groups is 1. The molecule has 0 bridgehead atoms. The second-order valence-corrected chi connectivity index (χ2v) is 6.50. The van der Waals surface area contributed by atoms with E-state index < -0.39 is 6.10 Å². The number of piperazine rings is 1. The Morgan fingerprint density at radius 3 is 2.52 bits per heavy atom. The van der Waals surface area contributed by atoms with E-state index in [2.05, 4.69) is 19.8 Å². The van der Waals surface area contributed by atoms with Gasteiger partial charge >= 0.3 is 0 Å². The van der Waals surface area contributed by atoms with Crippen molar-refractivity contribution >= 4 is 17.5 Å². The summed E-state index contributed by atoms with van der Waals surface area (Å²) in [5.74, 6) is 0.769. The smallest absolute Gasteiger partial charge is 0.225 e. The predicted octanol–water partition coefficient (Wildman–Crippen LogP) is 1.83. The fourth-order valence-corrected chi connectivity index (χ4v) is 3.05. The van der Waals surface area contributed by atoms with Crippen molar-refractivity contribution in [1.82, 2.24) is 14.9 Å². The second kappa shape index (κ2) is 9.10. The Balaban J connectivity index is 1.36. The highest BCUT2D eigenvalue weighted by molar-refractivity contribution is 6.31. The first kappa shape index (κ1) is 18.1. The lowest BCUT2D eigenvalue weighted by Gasteiger charge is -2.35. The summed E-state index contributed by atoms with van der Waals surface area (Å²) in [5, 5.41) is 10.9. The minimum Gasteiger partial charge on any atom is -0.389 e. The number of halogens is 1. The maximum Gasteiger partial charge on any atom is 0.225 e. The summed E-state index contributed by atoms with van der Waals surface area (Å²) in [6, 6.07) is 9.41. The molecular formula is C18H23ClN4O2. The molecule has 25 heavy (non-hydrogen) atoms. The molecule has 0 saturated carbocycles. The molecule has 6 nitrogen and oxygen atoms in total. The summed E-state index contributed by atoms with van der Waals surface area (Å²) in [6.07, 6.45) is 3.01. The van der Waals surface area contributed by atoms with Crippen LogP contribution >= 0.6 is 11.6 Å². The lowest BCUT2D eigenvalue weighted by atomic mass is 10.2. The number of hydrogen-bond donors (Lipinski definition) is 1. The normalized spacial score (nSPS) is 16.8. The maximum absolute atomic E-state index is 10.2. The van der Waals surface area contributed by atoms with Crippen LogP contribution in [0.2, 0.25) is 5.02 Å². The summed E-state index contributed by atoms with van der Waals surface area (Å²) in [6.45, 7) is 4.78. The Morgan fingerprint density at radius 2 is 1.80 bits per heavy atom. The standard InChI is InChI=1S/C18H23ClN4O2/c19-17-5-2-1-4-15(17)13-25-14-16(24)12-22-8-10-23(11-9-22)18-20-6-3-7-21-18/h1-7,16,24H,8-14H2/t16-/m0/s1. The highest BCUT2D eigenvalue weighted by Gasteiger charge is 2.20. The molecule has 1 aliphatic heterocycles. The minimum atomic E-state index is -0.512. The maximum atomic E-state index is 10.2. The number of aromatic nitrogens is 2. The van der Waals surface area contributed by atoms with E-state index in [0.717, 1.165) is 37.7 Å². The van der Waals surface area contributed by atoms with E-state index >= 15 is 0 Å². The second-order valence-electron chi connectivity index (χ2n) is 6.10. The molecule has 134 valence electrons. The fraction of sp³-hybridized carbons (Fsp3) is 0.444. The van der Waals surface area contributed by atoms with Gasteiger partial charge in [-0.05, 0) is 17.7 Å². The van der Waals surface area contributed by atoms with Gasteiger partial charge in [-0.2, -0.15) is 0 Å². The van der Waals surface area contributed by atoms with Crippen LogP contribution in [0, 0.1) is 0 Å². The number of hydrogen-bond acceptors (Lipinski definition) is 6.